The molecule has 0 aliphatic carbocycles. The zero-order chi connectivity index (χ0) is 15.0. The Morgan fingerprint density at radius 1 is 1.20 bits per heavy atom. The number of methoxy groups -OCH3 is 1. The summed E-state index contributed by atoms with van der Waals surface area (Å²) in [6.07, 6.45) is 0. The molecule has 0 aliphatic heterocycles. The Labute approximate surface area is 118 Å². The largest absolute Gasteiger partial charge is 0.508 e. The molecule has 5 nitrogen and oxygen atoms in total. The average Bonchev–Trinajstić information content (AvgIpc) is 2.89. The van der Waals surface area contributed by atoms with Gasteiger partial charge in [0.2, 0.25) is 11.7 Å². The minimum atomic E-state index is -0.601. The van der Waals surface area contributed by atoms with Gasteiger partial charge in [-0.15, -0.1) is 0 Å². The van der Waals surface area contributed by atoms with Crippen LogP contribution in [0.1, 0.15) is 45.0 Å². The number of nitrogens with zero attached hydrogens (tertiary/aromatic N) is 2. The van der Waals surface area contributed by atoms with E-state index in [1.807, 2.05) is 33.8 Å². The van der Waals surface area contributed by atoms with Crippen molar-refractivity contribution < 1.29 is 14.4 Å². The number of hydrogen-bond donors (Lipinski definition) is 1. The molecule has 0 aliphatic rings. The number of ether oxygens (including phenoxy) is 1. The second kappa shape index (κ2) is 4.90. The Bertz CT molecular complexity index is 603. The van der Waals surface area contributed by atoms with E-state index in [9.17, 15) is 5.11 Å². The van der Waals surface area contributed by atoms with Crippen molar-refractivity contribution in [3.8, 4) is 5.75 Å². The normalized spacial score (nSPS) is 12.7. The molecule has 0 atom stereocenters. The maximum absolute atomic E-state index is 9.61. The SMILES string of the molecule is COC(C)(C)c1noc(C(C)(C)c2cccc(O)c2)n1. The van der Waals surface area contributed by atoms with Gasteiger partial charge >= 0.3 is 0 Å². The van der Waals surface area contributed by atoms with Crippen LogP contribution in [0.25, 0.3) is 0 Å². The van der Waals surface area contributed by atoms with E-state index in [0.717, 1.165) is 5.56 Å². The van der Waals surface area contributed by atoms with Crippen LogP contribution in [0.15, 0.2) is 28.8 Å². The Kier molecular flexibility index (Phi) is 3.56. The van der Waals surface area contributed by atoms with E-state index in [1.54, 1.807) is 25.3 Å². The van der Waals surface area contributed by atoms with Crippen LogP contribution < -0.4 is 0 Å². The second-order valence-electron chi connectivity index (χ2n) is 5.81. The Hall–Kier alpha value is -1.88. The Balaban J connectivity index is 2.40. The molecule has 5 heteroatoms. The third-order valence-electron chi connectivity index (χ3n) is 3.58. The lowest BCUT2D eigenvalue weighted by molar-refractivity contribution is 0.00973. The predicted molar refractivity (Wildman–Crippen MR) is 74.6 cm³/mol. The van der Waals surface area contributed by atoms with E-state index in [0.29, 0.717) is 11.7 Å². The van der Waals surface area contributed by atoms with Crippen LogP contribution in [-0.4, -0.2) is 22.4 Å². The van der Waals surface area contributed by atoms with Gasteiger partial charge in [-0.05, 0) is 45.4 Å². The molecule has 2 aromatic rings. The highest BCUT2D eigenvalue weighted by Crippen LogP contribution is 2.33. The number of rotatable bonds is 4. The molecule has 0 radical (unpaired) electrons. The zero-order valence-electron chi connectivity index (χ0n) is 12.5. The van der Waals surface area contributed by atoms with Crippen molar-refractivity contribution in [3.63, 3.8) is 0 Å². The van der Waals surface area contributed by atoms with Gasteiger partial charge in [0.25, 0.3) is 0 Å². The first-order chi connectivity index (χ1) is 9.27. The molecule has 0 saturated heterocycles. The molecule has 0 fully saturated rings. The lowest BCUT2D eigenvalue weighted by atomic mass is 9.84. The van der Waals surface area contributed by atoms with Gasteiger partial charge in [-0.2, -0.15) is 4.98 Å². The first-order valence-electron chi connectivity index (χ1n) is 6.46. The summed E-state index contributed by atoms with van der Waals surface area (Å²) in [4.78, 5) is 4.45. The first kappa shape index (κ1) is 14.5. The fourth-order valence-electron chi connectivity index (χ4n) is 1.83. The molecule has 108 valence electrons. The summed E-state index contributed by atoms with van der Waals surface area (Å²) in [6, 6.07) is 7.05. The molecule has 0 unspecified atom stereocenters. The smallest absolute Gasteiger partial charge is 0.236 e. The molecular formula is C15H20N2O3. The minimum Gasteiger partial charge on any atom is -0.508 e. The molecule has 0 bridgehead atoms. The summed E-state index contributed by atoms with van der Waals surface area (Å²) in [6.45, 7) is 7.70. The average molecular weight is 276 g/mol. The summed E-state index contributed by atoms with van der Waals surface area (Å²) < 4.78 is 10.7. The third kappa shape index (κ3) is 2.54. The number of hydrogen-bond acceptors (Lipinski definition) is 5. The van der Waals surface area contributed by atoms with E-state index >= 15 is 0 Å². The van der Waals surface area contributed by atoms with Crippen LogP contribution >= 0.6 is 0 Å². The Morgan fingerprint density at radius 2 is 1.90 bits per heavy atom. The summed E-state index contributed by atoms with van der Waals surface area (Å²) in [5.41, 5.74) is -0.187. The minimum absolute atomic E-state index is 0.215. The summed E-state index contributed by atoms with van der Waals surface area (Å²) in [5, 5.41) is 13.6. The van der Waals surface area contributed by atoms with Crippen molar-refractivity contribution in [1.29, 1.82) is 0 Å². The summed E-state index contributed by atoms with van der Waals surface area (Å²) in [5.74, 6) is 1.21. The van der Waals surface area contributed by atoms with Gasteiger partial charge in [-0.1, -0.05) is 17.3 Å². The Morgan fingerprint density at radius 3 is 2.50 bits per heavy atom. The number of benzene rings is 1. The van der Waals surface area contributed by atoms with Crippen molar-refractivity contribution in [1.82, 2.24) is 10.1 Å². The fourth-order valence-corrected chi connectivity index (χ4v) is 1.83. The van der Waals surface area contributed by atoms with Crippen molar-refractivity contribution in [2.45, 2.75) is 38.7 Å². The standard InChI is InChI=1S/C15H20N2O3/c1-14(2,10-7-6-8-11(18)9-10)13-16-12(17-20-13)15(3,4)19-5/h6-9,18H,1-5H3. The lowest BCUT2D eigenvalue weighted by Crippen LogP contribution is -2.23. The first-order valence-corrected chi connectivity index (χ1v) is 6.46. The van der Waals surface area contributed by atoms with Crippen LogP contribution in [-0.2, 0) is 15.8 Å². The number of aromatic nitrogens is 2. The molecule has 1 aromatic carbocycles. The van der Waals surface area contributed by atoms with Gasteiger partial charge in [-0.25, -0.2) is 0 Å². The van der Waals surface area contributed by atoms with Gasteiger partial charge in [-0.3, -0.25) is 0 Å². The number of phenolic OH excluding ortho intramolecular Hbond substituents is 1. The molecule has 0 saturated carbocycles. The zero-order valence-corrected chi connectivity index (χ0v) is 12.5. The molecule has 1 N–H and O–H groups in total. The van der Waals surface area contributed by atoms with Crippen LogP contribution in [0.5, 0.6) is 5.75 Å². The maximum atomic E-state index is 9.61. The highest BCUT2D eigenvalue weighted by Gasteiger charge is 2.33. The topological polar surface area (TPSA) is 68.4 Å². The van der Waals surface area contributed by atoms with Crippen LogP contribution in [0, 0.1) is 0 Å². The van der Waals surface area contributed by atoms with Gasteiger partial charge in [0.1, 0.15) is 11.4 Å². The van der Waals surface area contributed by atoms with E-state index < -0.39 is 11.0 Å². The number of phenols is 1. The molecule has 1 aromatic heterocycles. The third-order valence-corrected chi connectivity index (χ3v) is 3.58. The quantitative estimate of drug-likeness (QED) is 0.929. The maximum Gasteiger partial charge on any atom is 0.236 e. The predicted octanol–water partition coefficient (Wildman–Crippen LogP) is 2.98. The van der Waals surface area contributed by atoms with Crippen molar-refractivity contribution >= 4 is 0 Å². The van der Waals surface area contributed by atoms with Gasteiger partial charge in [0, 0.05) is 7.11 Å². The van der Waals surface area contributed by atoms with Gasteiger partial charge < -0.3 is 14.4 Å². The van der Waals surface area contributed by atoms with E-state index in [-0.39, 0.29) is 5.75 Å². The lowest BCUT2D eigenvalue weighted by Gasteiger charge is -2.21. The number of aromatic hydroxyl groups is 1. The second-order valence-corrected chi connectivity index (χ2v) is 5.81. The van der Waals surface area contributed by atoms with Crippen molar-refractivity contribution in [2.75, 3.05) is 7.11 Å². The van der Waals surface area contributed by atoms with Crippen molar-refractivity contribution in [3.05, 3.63) is 41.5 Å². The molecule has 2 rings (SSSR count). The monoisotopic (exact) mass is 276 g/mol. The van der Waals surface area contributed by atoms with E-state index in [4.69, 9.17) is 9.26 Å². The summed E-state index contributed by atoms with van der Waals surface area (Å²) >= 11 is 0. The molecule has 0 spiro atoms. The molecule has 20 heavy (non-hydrogen) atoms. The van der Waals surface area contributed by atoms with Gasteiger partial charge in [0.05, 0.1) is 5.41 Å². The van der Waals surface area contributed by atoms with E-state index in [2.05, 4.69) is 10.1 Å². The molecule has 0 amide bonds. The molecule has 1 heterocycles. The van der Waals surface area contributed by atoms with Crippen LogP contribution in [0.2, 0.25) is 0 Å². The molecular weight excluding hydrogens is 256 g/mol. The van der Waals surface area contributed by atoms with Crippen molar-refractivity contribution in [2.24, 2.45) is 0 Å². The van der Waals surface area contributed by atoms with Gasteiger partial charge in [0.15, 0.2) is 0 Å². The van der Waals surface area contributed by atoms with Crippen LogP contribution in [0.4, 0.5) is 0 Å². The fraction of sp³-hybridized carbons (Fsp3) is 0.467. The highest BCUT2D eigenvalue weighted by molar-refractivity contribution is 5.35. The van der Waals surface area contributed by atoms with E-state index in [1.165, 1.54) is 0 Å². The highest BCUT2D eigenvalue weighted by atomic mass is 16.5. The summed E-state index contributed by atoms with van der Waals surface area (Å²) in [7, 11) is 1.61. The van der Waals surface area contributed by atoms with Crippen LogP contribution in [0.3, 0.4) is 0 Å².